The summed E-state index contributed by atoms with van der Waals surface area (Å²) in [5.74, 6) is -0.152. The largest absolute Gasteiger partial charge is 0.455 e. The fraction of sp³-hybridized carbons (Fsp3) is 0.200. The van der Waals surface area contributed by atoms with E-state index >= 15 is 0 Å². The van der Waals surface area contributed by atoms with Crippen LogP contribution in [-0.2, 0) is 11.3 Å². The standard InChI is InChI=1S/C15H13N3O4/c1-9-14(10(2)22-17-9)15(20)21-8-11-7-13(19)18-6-4-3-5-12(18)16-11/h3-7H,8H2,1-2H3. The number of hydrogen-bond acceptors (Lipinski definition) is 6. The zero-order chi connectivity index (χ0) is 15.7. The Morgan fingerprint density at radius 3 is 2.91 bits per heavy atom. The molecule has 0 radical (unpaired) electrons. The van der Waals surface area contributed by atoms with Crippen molar-refractivity contribution >= 4 is 11.6 Å². The van der Waals surface area contributed by atoms with Gasteiger partial charge in [-0.2, -0.15) is 0 Å². The molecule has 22 heavy (non-hydrogen) atoms. The Morgan fingerprint density at radius 2 is 2.18 bits per heavy atom. The number of carbonyl (C=O) groups is 1. The second kappa shape index (κ2) is 5.44. The van der Waals surface area contributed by atoms with E-state index in [4.69, 9.17) is 9.26 Å². The summed E-state index contributed by atoms with van der Waals surface area (Å²) in [6, 6.07) is 6.57. The summed E-state index contributed by atoms with van der Waals surface area (Å²) in [4.78, 5) is 28.3. The fourth-order valence-corrected chi connectivity index (χ4v) is 2.16. The molecule has 0 saturated heterocycles. The number of aryl methyl sites for hydroxylation is 2. The first-order valence-corrected chi connectivity index (χ1v) is 6.63. The van der Waals surface area contributed by atoms with Crippen LogP contribution < -0.4 is 5.56 Å². The monoisotopic (exact) mass is 299 g/mol. The van der Waals surface area contributed by atoms with Crippen LogP contribution in [0.3, 0.4) is 0 Å². The van der Waals surface area contributed by atoms with Crippen molar-refractivity contribution in [2.45, 2.75) is 20.5 Å². The van der Waals surface area contributed by atoms with Gasteiger partial charge in [-0.25, -0.2) is 9.78 Å². The van der Waals surface area contributed by atoms with Crippen molar-refractivity contribution in [2.24, 2.45) is 0 Å². The lowest BCUT2D eigenvalue weighted by Gasteiger charge is -2.05. The van der Waals surface area contributed by atoms with Gasteiger partial charge in [0.25, 0.3) is 5.56 Å². The Bertz CT molecular complexity index is 891. The predicted octanol–water partition coefficient (Wildman–Crippen LogP) is 1.66. The van der Waals surface area contributed by atoms with Gasteiger partial charge in [0, 0.05) is 12.3 Å². The Morgan fingerprint density at radius 1 is 1.36 bits per heavy atom. The topological polar surface area (TPSA) is 86.7 Å². The zero-order valence-electron chi connectivity index (χ0n) is 12.1. The third-order valence-corrected chi connectivity index (χ3v) is 3.21. The molecule has 3 rings (SSSR count). The smallest absolute Gasteiger partial charge is 0.344 e. The molecule has 0 N–H and O–H groups in total. The number of hydrogen-bond donors (Lipinski definition) is 0. The SMILES string of the molecule is Cc1noc(C)c1C(=O)OCc1cc(=O)n2ccccc2n1. The minimum absolute atomic E-state index is 0.0937. The third-order valence-electron chi connectivity index (χ3n) is 3.21. The average Bonchev–Trinajstić information content (AvgIpc) is 2.84. The summed E-state index contributed by atoms with van der Waals surface area (Å²) < 4.78 is 11.5. The van der Waals surface area contributed by atoms with Gasteiger partial charge in [-0.1, -0.05) is 11.2 Å². The van der Waals surface area contributed by atoms with Crippen LogP contribution in [0, 0.1) is 13.8 Å². The molecule has 112 valence electrons. The van der Waals surface area contributed by atoms with Crippen molar-refractivity contribution in [3.05, 3.63) is 63.5 Å². The summed E-state index contributed by atoms with van der Waals surface area (Å²) in [7, 11) is 0. The Kier molecular flexibility index (Phi) is 3.46. The molecule has 3 aromatic rings. The van der Waals surface area contributed by atoms with Gasteiger partial charge in [0.05, 0.1) is 11.4 Å². The number of rotatable bonds is 3. The molecule has 0 amide bonds. The molecule has 0 atom stereocenters. The maximum absolute atomic E-state index is 12.0. The molecule has 0 unspecified atom stereocenters. The highest BCUT2D eigenvalue weighted by molar-refractivity contribution is 5.91. The molecule has 0 aromatic carbocycles. The molecule has 0 aliphatic rings. The highest BCUT2D eigenvalue weighted by Crippen LogP contribution is 2.14. The van der Waals surface area contributed by atoms with Gasteiger partial charge in [-0.05, 0) is 26.0 Å². The molecular weight excluding hydrogens is 286 g/mol. The third kappa shape index (κ3) is 2.48. The van der Waals surface area contributed by atoms with E-state index in [9.17, 15) is 9.59 Å². The number of nitrogens with zero attached hydrogens (tertiary/aromatic N) is 3. The second-order valence-corrected chi connectivity index (χ2v) is 4.79. The van der Waals surface area contributed by atoms with E-state index in [0.29, 0.717) is 28.4 Å². The van der Waals surface area contributed by atoms with Crippen LogP contribution in [0.1, 0.15) is 27.5 Å². The van der Waals surface area contributed by atoms with Crippen molar-refractivity contribution < 1.29 is 14.1 Å². The lowest BCUT2D eigenvalue weighted by Crippen LogP contribution is -2.16. The number of fused-ring (bicyclic) bond motifs is 1. The van der Waals surface area contributed by atoms with E-state index < -0.39 is 5.97 Å². The minimum Gasteiger partial charge on any atom is -0.455 e. The van der Waals surface area contributed by atoms with Gasteiger partial charge in [0.2, 0.25) is 0 Å². The molecule has 3 heterocycles. The molecule has 7 nitrogen and oxygen atoms in total. The maximum Gasteiger partial charge on any atom is 0.344 e. The van der Waals surface area contributed by atoms with E-state index in [1.165, 1.54) is 10.5 Å². The molecule has 0 aliphatic carbocycles. The lowest BCUT2D eigenvalue weighted by atomic mass is 10.2. The molecule has 0 aliphatic heterocycles. The van der Waals surface area contributed by atoms with E-state index in [1.54, 1.807) is 38.2 Å². The quantitative estimate of drug-likeness (QED) is 0.683. The van der Waals surface area contributed by atoms with Crippen LogP contribution in [0.5, 0.6) is 0 Å². The summed E-state index contributed by atoms with van der Waals surface area (Å²) in [6.07, 6.45) is 1.63. The van der Waals surface area contributed by atoms with Crippen molar-refractivity contribution in [2.75, 3.05) is 0 Å². The second-order valence-electron chi connectivity index (χ2n) is 4.79. The van der Waals surface area contributed by atoms with Gasteiger partial charge in [-0.15, -0.1) is 0 Å². The molecule has 0 saturated carbocycles. The van der Waals surface area contributed by atoms with Gasteiger partial charge < -0.3 is 9.26 Å². The number of aromatic nitrogens is 3. The van der Waals surface area contributed by atoms with Gasteiger partial charge >= 0.3 is 5.97 Å². The summed E-state index contributed by atoms with van der Waals surface area (Å²) >= 11 is 0. The Labute approximate surface area is 125 Å². The zero-order valence-corrected chi connectivity index (χ0v) is 12.1. The van der Waals surface area contributed by atoms with Gasteiger partial charge in [0.1, 0.15) is 23.6 Å². The maximum atomic E-state index is 12.0. The van der Waals surface area contributed by atoms with Crippen LogP contribution in [-0.4, -0.2) is 20.5 Å². The number of pyridine rings is 1. The highest BCUT2D eigenvalue weighted by Gasteiger charge is 2.19. The Hall–Kier alpha value is -2.96. The van der Waals surface area contributed by atoms with E-state index in [0.717, 1.165) is 0 Å². The van der Waals surface area contributed by atoms with E-state index in [2.05, 4.69) is 10.1 Å². The first kappa shape index (κ1) is 14.0. The van der Waals surface area contributed by atoms with Crippen LogP contribution >= 0.6 is 0 Å². The van der Waals surface area contributed by atoms with Crippen molar-refractivity contribution in [3.63, 3.8) is 0 Å². The van der Waals surface area contributed by atoms with Crippen molar-refractivity contribution in [1.82, 2.24) is 14.5 Å². The number of esters is 1. The van der Waals surface area contributed by atoms with Crippen LogP contribution in [0.25, 0.3) is 5.65 Å². The lowest BCUT2D eigenvalue weighted by molar-refractivity contribution is 0.0465. The van der Waals surface area contributed by atoms with Crippen molar-refractivity contribution in [3.8, 4) is 0 Å². The first-order valence-electron chi connectivity index (χ1n) is 6.63. The first-order chi connectivity index (χ1) is 10.6. The summed E-state index contributed by atoms with van der Waals surface area (Å²) in [5, 5.41) is 3.70. The van der Waals surface area contributed by atoms with Crippen LogP contribution in [0.2, 0.25) is 0 Å². The van der Waals surface area contributed by atoms with E-state index in [-0.39, 0.29) is 12.2 Å². The predicted molar refractivity (Wildman–Crippen MR) is 76.6 cm³/mol. The molecule has 3 aromatic heterocycles. The van der Waals surface area contributed by atoms with Gasteiger partial charge in [-0.3, -0.25) is 9.20 Å². The van der Waals surface area contributed by atoms with Gasteiger partial charge in [0.15, 0.2) is 0 Å². The van der Waals surface area contributed by atoms with Crippen LogP contribution in [0.4, 0.5) is 0 Å². The van der Waals surface area contributed by atoms with E-state index in [1.807, 2.05) is 0 Å². The molecule has 0 spiro atoms. The number of ether oxygens (including phenoxy) is 1. The molecule has 7 heteroatoms. The average molecular weight is 299 g/mol. The van der Waals surface area contributed by atoms with Crippen LogP contribution in [0.15, 0.2) is 39.8 Å². The summed E-state index contributed by atoms with van der Waals surface area (Å²) in [5.41, 5.74) is 1.43. The van der Waals surface area contributed by atoms with Crippen molar-refractivity contribution in [1.29, 1.82) is 0 Å². The molecule has 0 bridgehead atoms. The molecular formula is C15H13N3O4. The minimum atomic E-state index is -0.550. The summed E-state index contributed by atoms with van der Waals surface area (Å²) in [6.45, 7) is 3.20. The highest BCUT2D eigenvalue weighted by atomic mass is 16.5. The number of carbonyl (C=O) groups excluding carboxylic acids is 1. The molecule has 0 fully saturated rings. The Balaban J connectivity index is 1.82. The fourth-order valence-electron chi connectivity index (χ4n) is 2.16. The normalized spacial score (nSPS) is 10.8.